The van der Waals surface area contributed by atoms with Crippen molar-refractivity contribution in [2.45, 2.75) is 110 Å². The summed E-state index contributed by atoms with van der Waals surface area (Å²) in [5.41, 5.74) is 0. The number of aliphatic carboxylic acids is 1. The molecule has 1 N–H and O–H groups in total. The van der Waals surface area contributed by atoms with Crippen LogP contribution in [0.2, 0.25) is 0 Å². The Morgan fingerprint density at radius 3 is 2.04 bits per heavy atom. The molecule has 1 aliphatic rings. The van der Waals surface area contributed by atoms with E-state index in [9.17, 15) is 9.59 Å². The standard InChI is InChI=1S/C13H24O.C7H14O2/c1-2-3-4-5-6-7-8-12-9-10-13(14)11-12;1-2-3-4-5-6-7(8)9/h12H,2-11H2,1H3;2-6H2,1H3,(H,8,9)/t12-;/m0./s1. The van der Waals surface area contributed by atoms with Crippen molar-refractivity contribution in [3.63, 3.8) is 0 Å². The van der Waals surface area contributed by atoms with Crippen molar-refractivity contribution in [1.29, 1.82) is 0 Å². The molecule has 0 radical (unpaired) electrons. The lowest BCUT2D eigenvalue weighted by Crippen LogP contribution is -1.95. The van der Waals surface area contributed by atoms with Gasteiger partial charge in [-0.05, 0) is 18.8 Å². The first-order valence-electron chi connectivity index (χ1n) is 9.83. The van der Waals surface area contributed by atoms with E-state index in [4.69, 9.17) is 5.11 Å². The molecule has 0 aliphatic heterocycles. The molecule has 1 saturated carbocycles. The second-order valence-corrected chi connectivity index (χ2v) is 6.91. The van der Waals surface area contributed by atoms with Crippen LogP contribution in [0, 0.1) is 5.92 Å². The van der Waals surface area contributed by atoms with Gasteiger partial charge in [0.15, 0.2) is 0 Å². The third kappa shape index (κ3) is 15.8. The van der Waals surface area contributed by atoms with Gasteiger partial charge >= 0.3 is 5.97 Å². The zero-order valence-corrected chi connectivity index (χ0v) is 15.4. The molecule has 1 fully saturated rings. The van der Waals surface area contributed by atoms with Gasteiger partial charge in [0.25, 0.3) is 0 Å². The summed E-state index contributed by atoms with van der Waals surface area (Å²) in [5.74, 6) is 0.570. The van der Waals surface area contributed by atoms with Crippen molar-refractivity contribution in [1.82, 2.24) is 0 Å². The fourth-order valence-electron chi connectivity index (χ4n) is 3.05. The van der Waals surface area contributed by atoms with Gasteiger partial charge < -0.3 is 5.11 Å². The van der Waals surface area contributed by atoms with Crippen molar-refractivity contribution in [3.05, 3.63) is 0 Å². The number of hydrogen-bond acceptors (Lipinski definition) is 2. The summed E-state index contributed by atoms with van der Waals surface area (Å²) in [6.45, 7) is 4.37. The molecule has 23 heavy (non-hydrogen) atoms. The van der Waals surface area contributed by atoms with Gasteiger partial charge in [-0.1, -0.05) is 78.1 Å². The highest BCUT2D eigenvalue weighted by Crippen LogP contribution is 2.27. The van der Waals surface area contributed by atoms with E-state index >= 15 is 0 Å². The third-order valence-corrected chi connectivity index (χ3v) is 4.56. The van der Waals surface area contributed by atoms with Crippen LogP contribution in [-0.4, -0.2) is 16.9 Å². The van der Waals surface area contributed by atoms with E-state index in [1.54, 1.807) is 0 Å². The van der Waals surface area contributed by atoms with Gasteiger partial charge in [0, 0.05) is 19.3 Å². The van der Waals surface area contributed by atoms with E-state index in [1.807, 2.05) is 0 Å². The Labute approximate surface area is 143 Å². The summed E-state index contributed by atoms with van der Waals surface area (Å²) < 4.78 is 0. The molecule has 1 aliphatic carbocycles. The van der Waals surface area contributed by atoms with E-state index in [-0.39, 0.29) is 0 Å². The lowest BCUT2D eigenvalue weighted by Gasteiger charge is -2.06. The Kier molecular flexibility index (Phi) is 15.4. The van der Waals surface area contributed by atoms with Gasteiger partial charge in [-0.25, -0.2) is 0 Å². The zero-order valence-electron chi connectivity index (χ0n) is 15.4. The fourth-order valence-corrected chi connectivity index (χ4v) is 3.05. The van der Waals surface area contributed by atoms with Crippen LogP contribution in [0.25, 0.3) is 0 Å². The predicted octanol–water partition coefficient (Wildman–Crippen LogP) is 6.15. The van der Waals surface area contributed by atoms with Crippen LogP contribution in [0.1, 0.15) is 110 Å². The van der Waals surface area contributed by atoms with Gasteiger partial charge in [0.1, 0.15) is 5.78 Å². The molecule has 0 saturated heterocycles. The molecule has 0 amide bonds. The fraction of sp³-hybridized carbons (Fsp3) is 0.900. The smallest absolute Gasteiger partial charge is 0.303 e. The number of ketones is 1. The third-order valence-electron chi connectivity index (χ3n) is 4.56. The van der Waals surface area contributed by atoms with Crippen molar-refractivity contribution in [2.24, 2.45) is 5.92 Å². The molecular formula is C20H38O3. The van der Waals surface area contributed by atoms with Crippen LogP contribution >= 0.6 is 0 Å². The Balaban J connectivity index is 0.000000468. The molecule has 3 nitrogen and oxygen atoms in total. The molecule has 0 aromatic carbocycles. The molecule has 1 atom stereocenters. The van der Waals surface area contributed by atoms with Crippen molar-refractivity contribution in [2.75, 3.05) is 0 Å². The highest BCUT2D eigenvalue weighted by Gasteiger charge is 2.20. The second kappa shape index (κ2) is 16.0. The summed E-state index contributed by atoms with van der Waals surface area (Å²) in [7, 11) is 0. The monoisotopic (exact) mass is 326 g/mol. The van der Waals surface area contributed by atoms with E-state index in [2.05, 4.69) is 13.8 Å². The molecule has 0 unspecified atom stereocenters. The minimum atomic E-state index is -0.675. The summed E-state index contributed by atoms with van der Waals surface area (Å²) in [4.78, 5) is 21.0. The van der Waals surface area contributed by atoms with E-state index in [1.165, 1.54) is 57.8 Å². The summed E-state index contributed by atoms with van der Waals surface area (Å²) in [5, 5.41) is 8.21. The largest absolute Gasteiger partial charge is 0.481 e. The van der Waals surface area contributed by atoms with Gasteiger partial charge in [0.05, 0.1) is 0 Å². The highest BCUT2D eigenvalue weighted by molar-refractivity contribution is 5.80. The predicted molar refractivity (Wildman–Crippen MR) is 96.7 cm³/mol. The van der Waals surface area contributed by atoms with Crippen molar-refractivity contribution < 1.29 is 14.7 Å². The van der Waals surface area contributed by atoms with Crippen LogP contribution in [0.4, 0.5) is 0 Å². The van der Waals surface area contributed by atoms with E-state index < -0.39 is 5.97 Å². The first kappa shape index (κ1) is 22.1. The average Bonchev–Trinajstić information content (AvgIpc) is 2.93. The number of Topliss-reactive ketones (excluding diaryl/α,β-unsaturated/α-hetero) is 1. The molecule has 0 spiro atoms. The zero-order chi connectivity index (χ0) is 17.3. The molecule has 136 valence electrons. The normalized spacial score (nSPS) is 17.0. The maximum absolute atomic E-state index is 11.0. The van der Waals surface area contributed by atoms with Gasteiger partial charge in [-0.2, -0.15) is 0 Å². The molecule has 0 heterocycles. The van der Waals surface area contributed by atoms with Gasteiger partial charge in [-0.3, -0.25) is 9.59 Å². The van der Waals surface area contributed by atoms with Gasteiger partial charge in [0.2, 0.25) is 0 Å². The number of unbranched alkanes of at least 4 members (excludes halogenated alkanes) is 8. The van der Waals surface area contributed by atoms with Crippen LogP contribution in [0.15, 0.2) is 0 Å². The molecule has 1 rings (SSSR count). The molecule has 3 heteroatoms. The molecule has 0 bridgehead atoms. The van der Waals surface area contributed by atoms with Crippen molar-refractivity contribution >= 4 is 11.8 Å². The Morgan fingerprint density at radius 2 is 1.52 bits per heavy atom. The minimum absolute atomic E-state index is 0.333. The number of rotatable bonds is 12. The maximum atomic E-state index is 11.0. The average molecular weight is 327 g/mol. The van der Waals surface area contributed by atoms with Crippen LogP contribution in [-0.2, 0) is 9.59 Å². The van der Waals surface area contributed by atoms with Crippen LogP contribution < -0.4 is 0 Å². The lowest BCUT2D eigenvalue weighted by molar-refractivity contribution is -0.137. The SMILES string of the molecule is CCCCCCC(=O)O.CCCCCCCC[C@H]1CCC(=O)C1. The number of carboxylic acids is 1. The molecular weight excluding hydrogens is 288 g/mol. The number of carbonyl (C=O) groups is 2. The lowest BCUT2D eigenvalue weighted by atomic mass is 9.99. The summed E-state index contributed by atoms with van der Waals surface area (Å²) in [6, 6.07) is 0. The summed E-state index contributed by atoms with van der Waals surface area (Å²) >= 11 is 0. The minimum Gasteiger partial charge on any atom is -0.481 e. The van der Waals surface area contributed by atoms with E-state index in [0.29, 0.717) is 12.2 Å². The van der Waals surface area contributed by atoms with Crippen LogP contribution in [0.3, 0.4) is 0 Å². The quantitative estimate of drug-likeness (QED) is 0.438. The number of hydrogen-bond donors (Lipinski definition) is 1. The first-order valence-corrected chi connectivity index (χ1v) is 9.83. The van der Waals surface area contributed by atoms with Gasteiger partial charge in [-0.15, -0.1) is 0 Å². The maximum Gasteiger partial charge on any atom is 0.303 e. The second-order valence-electron chi connectivity index (χ2n) is 6.91. The first-order chi connectivity index (χ1) is 11.1. The molecule has 0 aromatic rings. The number of carbonyl (C=O) groups excluding carboxylic acids is 1. The summed E-state index contributed by atoms with van der Waals surface area (Å²) in [6.07, 6.45) is 17.0. The molecule has 0 aromatic heterocycles. The van der Waals surface area contributed by atoms with Crippen LogP contribution in [0.5, 0.6) is 0 Å². The highest BCUT2D eigenvalue weighted by atomic mass is 16.4. The Hall–Kier alpha value is -0.860. The topological polar surface area (TPSA) is 54.4 Å². The Morgan fingerprint density at radius 1 is 0.957 bits per heavy atom. The van der Waals surface area contributed by atoms with E-state index in [0.717, 1.165) is 38.0 Å². The Bertz CT molecular complexity index is 299. The number of carboxylic acid groups (broad SMARTS) is 1. The van der Waals surface area contributed by atoms with Crippen molar-refractivity contribution in [3.8, 4) is 0 Å².